The number of hydrogen-bond donors (Lipinski definition) is 2. The molecule has 0 saturated carbocycles. The summed E-state index contributed by atoms with van der Waals surface area (Å²) < 4.78 is 0. The number of nitrogens with one attached hydrogen (secondary N) is 1. The molecule has 0 aromatic heterocycles. The zero-order valence-electron chi connectivity index (χ0n) is 14.0. The van der Waals surface area contributed by atoms with Gasteiger partial charge in [0, 0.05) is 32.0 Å². The molecule has 0 radical (unpaired) electrons. The number of ketones is 1. The summed E-state index contributed by atoms with van der Waals surface area (Å²) in [5.74, 6) is -0.908. The third-order valence-electron chi connectivity index (χ3n) is 4.53. The third kappa shape index (κ3) is 5.09. The van der Waals surface area contributed by atoms with Crippen molar-refractivity contribution in [2.24, 2.45) is 11.8 Å². The van der Waals surface area contributed by atoms with Crippen LogP contribution in [0.1, 0.15) is 47.0 Å². The fraction of sp³-hybridized carbons (Fsp3) is 0.812. The number of hydrogen-bond acceptors (Lipinski definition) is 4. The Hall–Kier alpha value is -1.43. The smallest absolute Gasteiger partial charge is 0.320 e. The van der Waals surface area contributed by atoms with Crippen molar-refractivity contribution in [3.63, 3.8) is 0 Å². The van der Waals surface area contributed by atoms with Crippen LogP contribution in [0.3, 0.4) is 0 Å². The second-order valence-electron chi connectivity index (χ2n) is 6.39. The second-order valence-corrected chi connectivity index (χ2v) is 6.39. The minimum atomic E-state index is -0.869. The Morgan fingerprint density at radius 2 is 1.95 bits per heavy atom. The summed E-state index contributed by atoms with van der Waals surface area (Å²) >= 11 is 0. The summed E-state index contributed by atoms with van der Waals surface area (Å²) in [6, 6.07) is -0.610. The highest BCUT2D eigenvalue weighted by Gasteiger charge is 2.39. The molecule has 1 amide bonds. The lowest BCUT2D eigenvalue weighted by molar-refractivity contribution is -0.142. The predicted molar refractivity (Wildman–Crippen MR) is 83.5 cm³/mol. The molecule has 1 rings (SSSR count). The van der Waals surface area contributed by atoms with Gasteiger partial charge in [-0.05, 0) is 32.6 Å². The van der Waals surface area contributed by atoms with Crippen LogP contribution in [0.2, 0.25) is 0 Å². The highest BCUT2D eigenvalue weighted by Crippen LogP contribution is 2.27. The molecule has 0 aromatic carbocycles. The minimum absolute atomic E-state index is 0.0109. The van der Waals surface area contributed by atoms with E-state index in [-0.39, 0.29) is 29.6 Å². The molecule has 1 aliphatic heterocycles. The van der Waals surface area contributed by atoms with Crippen molar-refractivity contribution < 1.29 is 19.5 Å². The van der Waals surface area contributed by atoms with Crippen LogP contribution in [-0.2, 0) is 14.4 Å². The molecule has 2 unspecified atom stereocenters. The van der Waals surface area contributed by atoms with E-state index >= 15 is 0 Å². The van der Waals surface area contributed by atoms with Crippen LogP contribution in [0, 0.1) is 11.8 Å². The molecule has 4 atom stereocenters. The summed E-state index contributed by atoms with van der Waals surface area (Å²) in [7, 11) is 0. The van der Waals surface area contributed by atoms with E-state index in [0.29, 0.717) is 19.5 Å². The van der Waals surface area contributed by atoms with Crippen LogP contribution in [0.15, 0.2) is 0 Å². The number of carboxylic acid groups (broad SMARTS) is 1. The highest BCUT2D eigenvalue weighted by atomic mass is 16.4. The zero-order valence-corrected chi connectivity index (χ0v) is 14.0. The van der Waals surface area contributed by atoms with Crippen molar-refractivity contribution in [3.05, 3.63) is 0 Å². The van der Waals surface area contributed by atoms with E-state index < -0.39 is 12.0 Å². The van der Waals surface area contributed by atoms with E-state index in [1.807, 2.05) is 11.8 Å². The van der Waals surface area contributed by atoms with Crippen LogP contribution in [0.4, 0.5) is 0 Å². The van der Waals surface area contributed by atoms with Gasteiger partial charge in [-0.25, -0.2) is 0 Å². The SMILES string of the molecule is CCCC(CN1C[C@H](C(C)=O)C[C@@H]1C(=O)O)C(C)NC(C)=O. The standard InChI is InChI=1S/C16H28N2O4/c1-5-6-13(10(2)17-12(4)20)8-18-9-14(11(3)19)7-15(18)16(21)22/h10,13-15H,5-9H2,1-4H3,(H,17,20)(H,21,22)/t10?,13?,14-,15-/m1/s1. The van der Waals surface area contributed by atoms with Crippen molar-refractivity contribution in [2.45, 2.75) is 59.0 Å². The van der Waals surface area contributed by atoms with E-state index in [9.17, 15) is 19.5 Å². The fourth-order valence-corrected chi connectivity index (χ4v) is 3.27. The maximum atomic E-state index is 11.6. The van der Waals surface area contributed by atoms with Gasteiger partial charge in [0.25, 0.3) is 0 Å². The van der Waals surface area contributed by atoms with Gasteiger partial charge in [-0.2, -0.15) is 0 Å². The number of carboxylic acids is 1. The second kappa shape index (κ2) is 8.27. The summed E-state index contributed by atoms with van der Waals surface area (Å²) in [6.45, 7) is 8.13. The Morgan fingerprint density at radius 1 is 1.32 bits per heavy atom. The van der Waals surface area contributed by atoms with Gasteiger partial charge in [0.1, 0.15) is 11.8 Å². The summed E-state index contributed by atoms with van der Waals surface area (Å²) in [5, 5.41) is 12.3. The van der Waals surface area contributed by atoms with Gasteiger partial charge in [-0.15, -0.1) is 0 Å². The number of likely N-dealkylation sites (tertiary alicyclic amines) is 1. The van der Waals surface area contributed by atoms with Crippen molar-refractivity contribution in [3.8, 4) is 0 Å². The van der Waals surface area contributed by atoms with Crippen LogP contribution in [0.25, 0.3) is 0 Å². The number of amides is 1. The van der Waals surface area contributed by atoms with Gasteiger partial charge in [0.15, 0.2) is 0 Å². The van der Waals surface area contributed by atoms with Crippen molar-refractivity contribution >= 4 is 17.7 Å². The maximum Gasteiger partial charge on any atom is 0.320 e. The molecule has 1 saturated heterocycles. The zero-order chi connectivity index (χ0) is 16.9. The molecule has 0 spiro atoms. The Labute approximate surface area is 132 Å². The molecule has 0 aliphatic carbocycles. The van der Waals surface area contributed by atoms with E-state index in [1.165, 1.54) is 13.8 Å². The number of carbonyl (C=O) groups excluding carboxylic acids is 2. The molecule has 1 fully saturated rings. The molecule has 0 aromatic rings. The number of carbonyl (C=O) groups is 3. The van der Waals surface area contributed by atoms with Gasteiger partial charge in [0.05, 0.1) is 0 Å². The average Bonchev–Trinajstić information content (AvgIpc) is 2.81. The van der Waals surface area contributed by atoms with E-state index in [4.69, 9.17) is 0 Å². The number of rotatable bonds is 8. The van der Waals surface area contributed by atoms with Crippen molar-refractivity contribution in [1.29, 1.82) is 0 Å². The number of nitrogens with zero attached hydrogens (tertiary/aromatic N) is 1. The Kier molecular flexibility index (Phi) is 7.00. The molecule has 1 heterocycles. The van der Waals surface area contributed by atoms with Gasteiger partial charge < -0.3 is 10.4 Å². The molecule has 22 heavy (non-hydrogen) atoms. The molecular weight excluding hydrogens is 284 g/mol. The molecule has 0 bridgehead atoms. The quantitative estimate of drug-likeness (QED) is 0.705. The van der Waals surface area contributed by atoms with E-state index in [1.54, 1.807) is 0 Å². The van der Waals surface area contributed by atoms with Crippen LogP contribution < -0.4 is 5.32 Å². The van der Waals surface area contributed by atoms with Gasteiger partial charge in [-0.1, -0.05) is 13.3 Å². The Morgan fingerprint density at radius 3 is 2.41 bits per heavy atom. The minimum Gasteiger partial charge on any atom is -0.480 e. The first-order valence-corrected chi connectivity index (χ1v) is 8.00. The van der Waals surface area contributed by atoms with Crippen LogP contribution >= 0.6 is 0 Å². The lowest BCUT2D eigenvalue weighted by Crippen LogP contribution is -2.45. The highest BCUT2D eigenvalue weighted by molar-refractivity contribution is 5.81. The van der Waals surface area contributed by atoms with E-state index in [2.05, 4.69) is 12.2 Å². The van der Waals surface area contributed by atoms with Gasteiger partial charge in [0.2, 0.25) is 5.91 Å². The fourth-order valence-electron chi connectivity index (χ4n) is 3.27. The normalized spacial score (nSPS) is 24.7. The summed E-state index contributed by atoms with van der Waals surface area (Å²) in [5.41, 5.74) is 0. The predicted octanol–water partition coefficient (Wildman–Crippen LogP) is 1.29. The molecule has 6 heteroatoms. The van der Waals surface area contributed by atoms with Gasteiger partial charge in [-0.3, -0.25) is 19.3 Å². The monoisotopic (exact) mass is 312 g/mol. The van der Waals surface area contributed by atoms with Crippen molar-refractivity contribution in [1.82, 2.24) is 10.2 Å². The van der Waals surface area contributed by atoms with Crippen molar-refractivity contribution in [2.75, 3.05) is 13.1 Å². The lowest BCUT2D eigenvalue weighted by Gasteiger charge is -2.30. The third-order valence-corrected chi connectivity index (χ3v) is 4.53. The largest absolute Gasteiger partial charge is 0.480 e. The number of Topliss-reactive ketones (excluding diaryl/α,β-unsaturated/α-hetero) is 1. The topological polar surface area (TPSA) is 86.7 Å². The Balaban J connectivity index is 2.78. The molecule has 2 N–H and O–H groups in total. The molecule has 126 valence electrons. The first-order chi connectivity index (χ1) is 10.3. The first-order valence-electron chi connectivity index (χ1n) is 8.00. The average molecular weight is 312 g/mol. The van der Waals surface area contributed by atoms with Crippen LogP contribution in [0.5, 0.6) is 0 Å². The molecule has 6 nitrogen and oxygen atoms in total. The van der Waals surface area contributed by atoms with Crippen LogP contribution in [-0.4, -0.2) is 52.8 Å². The maximum absolute atomic E-state index is 11.6. The van der Waals surface area contributed by atoms with Gasteiger partial charge >= 0.3 is 5.97 Å². The first kappa shape index (κ1) is 18.6. The number of aliphatic carboxylic acids is 1. The summed E-state index contributed by atoms with van der Waals surface area (Å²) in [6.07, 6.45) is 2.27. The molecule has 1 aliphatic rings. The lowest BCUT2D eigenvalue weighted by atomic mass is 9.95. The summed E-state index contributed by atoms with van der Waals surface area (Å²) in [4.78, 5) is 36.2. The van der Waals surface area contributed by atoms with E-state index in [0.717, 1.165) is 12.8 Å². The molecular formula is C16H28N2O4. The Bertz CT molecular complexity index is 424.